The zero-order valence-electron chi connectivity index (χ0n) is 30.0. The van der Waals surface area contributed by atoms with Crippen LogP contribution in [-0.4, -0.2) is 104 Å². The Morgan fingerprint density at radius 1 is 1.20 bits per heavy atom. The quantitative estimate of drug-likeness (QED) is 0.267. The Balaban J connectivity index is 1.28. The molecule has 3 aliphatic carbocycles. The molecule has 11 nitrogen and oxygen atoms in total. The number of para-hydroxylation sites is 1. The summed E-state index contributed by atoms with van der Waals surface area (Å²) in [5.74, 6) is 1.67. The lowest BCUT2D eigenvalue weighted by atomic mass is 9.45. The molecule has 4 N–H and O–H groups in total. The number of carbonyl (C=O) groups is 2. The summed E-state index contributed by atoms with van der Waals surface area (Å²) in [6.45, 7) is 10.1. The minimum absolute atomic E-state index is 0.0462. The number of methoxy groups -OCH3 is 1. The summed E-state index contributed by atoms with van der Waals surface area (Å²) in [5.41, 5.74) is 4.12. The number of aliphatic hydroxyl groups is 2. The smallest absolute Gasteiger partial charge is 0.255 e. The van der Waals surface area contributed by atoms with Gasteiger partial charge in [-0.2, -0.15) is 5.06 Å². The number of nitrogens with one attached hydrogen (secondary N) is 2. The number of benzene rings is 2. The number of nitrogens with zero attached hydrogens (tertiary/aromatic N) is 2. The molecule has 49 heavy (non-hydrogen) atoms. The summed E-state index contributed by atoms with van der Waals surface area (Å²) in [4.78, 5) is 35.8. The fourth-order valence-corrected chi connectivity index (χ4v) is 8.95. The van der Waals surface area contributed by atoms with Crippen molar-refractivity contribution in [3.05, 3.63) is 47.0 Å². The Bertz CT molecular complexity index is 1540. The summed E-state index contributed by atoms with van der Waals surface area (Å²) in [6, 6.07) is 8.92. The Labute approximate surface area is 290 Å². The van der Waals surface area contributed by atoms with Crippen molar-refractivity contribution in [1.29, 1.82) is 0 Å². The third kappa shape index (κ3) is 6.68. The normalized spacial score (nSPS) is 29.1. The maximum Gasteiger partial charge on any atom is 0.255 e. The van der Waals surface area contributed by atoms with Gasteiger partial charge in [0.05, 0.1) is 38.5 Å². The minimum Gasteiger partial charge on any atom is -0.496 e. The number of aliphatic hydroxyl groups excluding tert-OH is 2. The first-order valence-electron chi connectivity index (χ1n) is 17.8. The van der Waals surface area contributed by atoms with Crippen molar-refractivity contribution in [1.82, 2.24) is 20.6 Å². The van der Waals surface area contributed by atoms with Crippen LogP contribution in [0.1, 0.15) is 62.0 Å². The average Bonchev–Trinajstić information content (AvgIpc) is 3.69. The maximum absolute atomic E-state index is 14.2. The highest BCUT2D eigenvalue weighted by Crippen LogP contribution is 2.61. The lowest BCUT2D eigenvalue weighted by Crippen LogP contribution is -2.62. The van der Waals surface area contributed by atoms with Crippen LogP contribution in [-0.2, 0) is 22.6 Å². The van der Waals surface area contributed by atoms with E-state index in [0.717, 1.165) is 28.7 Å². The second-order valence-corrected chi connectivity index (χ2v) is 15.4. The molecule has 2 heterocycles. The van der Waals surface area contributed by atoms with Crippen molar-refractivity contribution in [2.24, 2.45) is 29.1 Å². The summed E-state index contributed by atoms with van der Waals surface area (Å²) in [7, 11) is 5.53. The molecule has 2 bridgehead atoms. The number of ether oxygens (including phenoxy) is 2. The van der Waals surface area contributed by atoms with E-state index in [1.807, 2.05) is 49.3 Å². The maximum atomic E-state index is 14.2. The van der Waals surface area contributed by atoms with E-state index in [4.69, 9.17) is 14.3 Å². The number of carbonyl (C=O) groups excluding carboxylic acids is 2. The molecule has 0 unspecified atom stereocenters. The molecule has 7 rings (SSSR count). The summed E-state index contributed by atoms with van der Waals surface area (Å²) < 4.78 is 11.9. The first kappa shape index (κ1) is 35.6. The van der Waals surface area contributed by atoms with Gasteiger partial charge in [0.1, 0.15) is 23.6 Å². The van der Waals surface area contributed by atoms with Crippen LogP contribution in [0.15, 0.2) is 30.3 Å². The predicted octanol–water partition coefficient (Wildman–Crippen LogP) is 3.25. The van der Waals surface area contributed by atoms with E-state index in [1.54, 1.807) is 19.1 Å². The molecule has 4 fully saturated rings. The van der Waals surface area contributed by atoms with Crippen LogP contribution in [0.3, 0.4) is 0 Å². The van der Waals surface area contributed by atoms with Crippen molar-refractivity contribution in [3.63, 3.8) is 0 Å². The third-order valence-corrected chi connectivity index (χ3v) is 11.9. The van der Waals surface area contributed by atoms with E-state index in [1.165, 1.54) is 6.42 Å². The second-order valence-electron chi connectivity index (χ2n) is 15.4. The summed E-state index contributed by atoms with van der Waals surface area (Å²) >= 11 is 0. The molecule has 1 saturated heterocycles. The van der Waals surface area contributed by atoms with Crippen LogP contribution in [0.25, 0.3) is 11.1 Å². The molecule has 8 atom stereocenters. The number of hydrogen-bond acceptors (Lipinski definition) is 9. The highest BCUT2D eigenvalue weighted by atomic mass is 16.7. The Morgan fingerprint density at radius 3 is 2.63 bits per heavy atom. The topological polar surface area (TPSA) is 133 Å². The van der Waals surface area contributed by atoms with Crippen molar-refractivity contribution < 1.29 is 34.1 Å². The molecular weight excluding hydrogens is 624 g/mol. The van der Waals surface area contributed by atoms with E-state index in [-0.39, 0.29) is 36.4 Å². The van der Waals surface area contributed by atoms with Crippen LogP contribution in [0.4, 0.5) is 0 Å². The van der Waals surface area contributed by atoms with Crippen LogP contribution in [0, 0.1) is 29.1 Å². The van der Waals surface area contributed by atoms with Gasteiger partial charge in [0, 0.05) is 42.6 Å². The van der Waals surface area contributed by atoms with E-state index >= 15 is 0 Å². The predicted molar refractivity (Wildman–Crippen MR) is 186 cm³/mol. The molecular formula is C38H54N4O7. The number of amides is 2. The van der Waals surface area contributed by atoms with Gasteiger partial charge in [-0.15, -0.1) is 0 Å². The van der Waals surface area contributed by atoms with Crippen molar-refractivity contribution >= 4 is 11.8 Å². The van der Waals surface area contributed by atoms with Crippen molar-refractivity contribution in [2.75, 3.05) is 47.5 Å². The van der Waals surface area contributed by atoms with Crippen molar-refractivity contribution in [3.8, 4) is 22.6 Å². The van der Waals surface area contributed by atoms with E-state index in [2.05, 4.69) is 31.4 Å². The Kier molecular flexibility index (Phi) is 10.3. The molecule has 3 saturated carbocycles. The molecule has 11 heteroatoms. The van der Waals surface area contributed by atoms with Gasteiger partial charge in [-0.05, 0) is 80.3 Å². The molecule has 0 aromatic heterocycles. The zero-order valence-corrected chi connectivity index (χ0v) is 30.0. The molecule has 5 aliphatic rings. The number of rotatable bonds is 12. The number of fused-ring (bicyclic) bond motifs is 3. The Morgan fingerprint density at radius 2 is 1.98 bits per heavy atom. The van der Waals surface area contributed by atoms with Gasteiger partial charge >= 0.3 is 0 Å². The largest absolute Gasteiger partial charge is 0.496 e. The lowest BCUT2D eigenvalue weighted by molar-refractivity contribution is -0.183. The van der Waals surface area contributed by atoms with Gasteiger partial charge in [-0.25, -0.2) is 0 Å². The number of likely N-dealkylation sites (N-methyl/N-ethyl adjacent to an activating group) is 1. The summed E-state index contributed by atoms with van der Waals surface area (Å²) in [6.07, 6.45) is 1.20. The molecule has 0 spiro atoms. The Hall–Kier alpha value is -3.22. The fraction of sp³-hybridized carbons (Fsp3) is 0.632. The van der Waals surface area contributed by atoms with Crippen LogP contribution >= 0.6 is 0 Å². The zero-order chi connectivity index (χ0) is 35.2. The van der Waals surface area contributed by atoms with E-state index in [0.29, 0.717) is 60.9 Å². The van der Waals surface area contributed by atoms with Gasteiger partial charge in [0.2, 0.25) is 5.91 Å². The fourth-order valence-electron chi connectivity index (χ4n) is 8.95. The van der Waals surface area contributed by atoms with Gasteiger partial charge in [-0.1, -0.05) is 39.0 Å². The first-order chi connectivity index (χ1) is 23.3. The van der Waals surface area contributed by atoms with Crippen LogP contribution in [0.2, 0.25) is 0 Å². The second kappa shape index (κ2) is 14.2. The molecule has 2 aromatic rings. The standard InChI is InChI=1S/C38H54N4O7/c1-21-29-17-26(38(29,3)4)18-30(21)40-37(46)33-32(22(2)44)31(20-43)49-42(33)19-24-9-8-10-27(34(24)47-7)25-15-23-11-14-48-35(23)28(16-25)36(45)39-12-13-41(5)6/h8-10,15-16,21-22,26,29-33,43-44H,11-14,17-20H2,1-7H3,(H,39,45)(H,40,46)/t21-,22-,26+,29+,30-,31-,32+,33-/m0/s1. The van der Waals surface area contributed by atoms with Gasteiger partial charge in [0.15, 0.2) is 0 Å². The lowest BCUT2D eigenvalue weighted by Gasteiger charge is -2.62. The highest BCUT2D eigenvalue weighted by molar-refractivity contribution is 5.99. The van der Waals surface area contributed by atoms with Gasteiger partial charge in [0.25, 0.3) is 5.91 Å². The molecule has 0 radical (unpaired) electrons. The third-order valence-electron chi connectivity index (χ3n) is 11.9. The van der Waals surface area contributed by atoms with Gasteiger partial charge < -0.3 is 35.2 Å². The van der Waals surface area contributed by atoms with Gasteiger partial charge in [-0.3, -0.25) is 14.4 Å². The van der Waals surface area contributed by atoms with Crippen LogP contribution < -0.4 is 20.1 Å². The molecule has 2 aliphatic heterocycles. The summed E-state index contributed by atoms with van der Waals surface area (Å²) in [5, 5.41) is 29.1. The van der Waals surface area contributed by atoms with Crippen LogP contribution in [0.5, 0.6) is 11.5 Å². The van der Waals surface area contributed by atoms with Crippen molar-refractivity contribution in [2.45, 2.75) is 77.8 Å². The number of hydroxylamine groups is 2. The SMILES string of the molecule is COc1c(CN2O[C@@H](CO)[C@@H]([C@H](C)O)[C@H]2C(=O)N[C@H]2C[C@H]3C[C@H]([C@@H]2C)C3(C)C)cccc1-c1cc2c(c(C(=O)NCCN(C)C)c1)OCC2. The van der Waals surface area contributed by atoms with E-state index in [9.17, 15) is 19.8 Å². The molecule has 2 amide bonds. The van der Waals surface area contributed by atoms with E-state index < -0.39 is 24.2 Å². The monoisotopic (exact) mass is 678 g/mol. The molecule has 268 valence electrons. The average molecular weight is 679 g/mol. The molecule has 2 aromatic carbocycles. The first-order valence-corrected chi connectivity index (χ1v) is 17.8. The minimum atomic E-state index is -0.891. The highest BCUT2D eigenvalue weighted by Gasteiger charge is 2.57. The number of hydrogen-bond donors (Lipinski definition) is 4.